The minimum absolute atomic E-state index is 0.144. The number of hydrogen-bond acceptors (Lipinski definition) is 3. The fourth-order valence-corrected chi connectivity index (χ4v) is 4.46. The van der Waals surface area contributed by atoms with E-state index >= 15 is 0 Å². The largest absolute Gasteiger partial charge is 0.326 e. The van der Waals surface area contributed by atoms with Gasteiger partial charge in [0.25, 0.3) is 0 Å². The van der Waals surface area contributed by atoms with Crippen LogP contribution in [0.2, 0.25) is 0 Å². The number of nitrogens with two attached hydrogens (primary N) is 2. The quantitative estimate of drug-likeness (QED) is 0.671. The van der Waals surface area contributed by atoms with Gasteiger partial charge in [-0.1, -0.05) is 12.8 Å². The summed E-state index contributed by atoms with van der Waals surface area (Å²) in [5, 5.41) is 3.74. The van der Waals surface area contributed by atoms with Crippen LogP contribution in [0, 0.1) is 5.92 Å². The summed E-state index contributed by atoms with van der Waals surface area (Å²) in [6, 6.07) is 0.181. The summed E-state index contributed by atoms with van der Waals surface area (Å²) in [5.41, 5.74) is 13.3. The average molecular weight is 253 g/mol. The second-order valence-corrected chi connectivity index (χ2v) is 7.96. The molecule has 2 atom stereocenters. The molecule has 0 aromatic heterocycles. The van der Waals surface area contributed by atoms with Crippen molar-refractivity contribution in [1.82, 2.24) is 5.32 Å². The molecule has 0 amide bonds. The van der Waals surface area contributed by atoms with Crippen molar-refractivity contribution in [3.05, 3.63) is 0 Å². The summed E-state index contributed by atoms with van der Waals surface area (Å²) in [6.45, 7) is 9.16. The van der Waals surface area contributed by atoms with E-state index in [9.17, 15) is 0 Å². The zero-order chi connectivity index (χ0) is 13.6. The third-order valence-corrected chi connectivity index (χ3v) is 5.02. The average Bonchev–Trinajstić information content (AvgIpc) is 2.18. The predicted octanol–water partition coefficient (Wildman–Crippen LogP) is 2.14. The molecule has 0 bridgehead atoms. The lowest BCUT2D eigenvalue weighted by Crippen LogP contribution is -2.68. The van der Waals surface area contributed by atoms with Crippen LogP contribution in [0.15, 0.2) is 0 Å². The zero-order valence-electron chi connectivity index (χ0n) is 12.6. The van der Waals surface area contributed by atoms with Gasteiger partial charge in [0.15, 0.2) is 0 Å². The lowest BCUT2D eigenvalue weighted by Gasteiger charge is -2.54. The third-order valence-electron chi connectivity index (χ3n) is 5.02. The molecule has 2 fully saturated rings. The molecule has 106 valence electrons. The molecule has 2 rings (SSSR count). The van der Waals surface area contributed by atoms with E-state index in [2.05, 4.69) is 33.0 Å². The highest BCUT2D eigenvalue weighted by atomic mass is 15.1. The van der Waals surface area contributed by atoms with Crippen molar-refractivity contribution >= 4 is 0 Å². The van der Waals surface area contributed by atoms with Crippen LogP contribution in [-0.4, -0.2) is 22.7 Å². The van der Waals surface area contributed by atoms with Gasteiger partial charge >= 0.3 is 0 Å². The fourth-order valence-electron chi connectivity index (χ4n) is 4.46. The minimum Gasteiger partial charge on any atom is -0.326 e. The van der Waals surface area contributed by atoms with E-state index in [4.69, 9.17) is 11.5 Å². The van der Waals surface area contributed by atoms with Crippen LogP contribution < -0.4 is 16.8 Å². The standard InChI is InChI=1S/C15H31N3/c1-13(2)9-11(10-14(3,4)18-13)15(17)8-6-5-7-12(15)16/h11-12,18H,5-10,16-17H2,1-4H3. The first-order valence-corrected chi connectivity index (χ1v) is 7.48. The van der Waals surface area contributed by atoms with Crippen molar-refractivity contribution in [3.63, 3.8) is 0 Å². The van der Waals surface area contributed by atoms with E-state index in [1.807, 2.05) is 0 Å². The van der Waals surface area contributed by atoms with Crippen LogP contribution in [0.1, 0.15) is 66.2 Å². The van der Waals surface area contributed by atoms with Crippen LogP contribution >= 0.6 is 0 Å². The molecular formula is C15H31N3. The summed E-state index contributed by atoms with van der Waals surface area (Å²) < 4.78 is 0. The van der Waals surface area contributed by atoms with Gasteiger partial charge in [-0.15, -0.1) is 0 Å². The topological polar surface area (TPSA) is 64.1 Å². The molecule has 1 heterocycles. The molecular weight excluding hydrogens is 222 g/mol. The maximum absolute atomic E-state index is 6.77. The van der Waals surface area contributed by atoms with Crippen molar-refractivity contribution in [2.75, 3.05) is 0 Å². The molecule has 0 radical (unpaired) electrons. The predicted molar refractivity (Wildman–Crippen MR) is 77.4 cm³/mol. The molecule has 0 aromatic carbocycles. The molecule has 2 unspecified atom stereocenters. The van der Waals surface area contributed by atoms with Crippen LogP contribution in [0.4, 0.5) is 0 Å². The second kappa shape index (κ2) is 4.46. The normalized spacial score (nSPS) is 40.7. The SMILES string of the molecule is CC1(C)CC(C2(N)CCCCC2N)CC(C)(C)N1. The van der Waals surface area contributed by atoms with E-state index in [1.165, 1.54) is 12.8 Å². The van der Waals surface area contributed by atoms with Gasteiger partial charge in [-0.25, -0.2) is 0 Å². The summed E-state index contributed by atoms with van der Waals surface area (Å²) in [7, 11) is 0. The van der Waals surface area contributed by atoms with Gasteiger partial charge in [0.2, 0.25) is 0 Å². The van der Waals surface area contributed by atoms with Crippen LogP contribution in [0.25, 0.3) is 0 Å². The lowest BCUT2D eigenvalue weighted by molar-refractivity contribution is 0.0497. The lowest BCUT2D eigenvalue weighted by atomic mass is 9.62. The molecule has 2 aliphatic rings. The number of hydrogen-bond donors (Lipinski definition) is 3. The second-order valence-electron chi connectivity index (χ2n) is 7.96. The summed E-state index contributed by atoms with van der Waals surface area (Å²) in [5.74, 6) is 0.541. The fraction of sp³-hybridized carbons (Fsp3) is 1.00. The Morgan fingerprint density at radius 1 is 1.00 bits per heavy atom. The van der Waals surface area contributed by atoms with Crippen LogP contribution in [0.5, 0.6) is 0 Å². The molecule has 1 saturated carbocycles. The Hall–Kier alpha value is -0.120. The summed E-state index contributed by atoms with van der Waals surface area (Å²) >= 11 is 0. The van der Waals surface area contributed by atoms with Crippen molar-refractivity contribution in [2.45, 2.75) is 88.9 Å². The van der Waals surface area contributed by atoms with Crippen LogP contribution in [0.3, 0.4) is 0 Å². The molecule has 0 spiro atoms. The molecule has 5 N–H and O–H groups in total. The van der Waals surface area contributed by atoms with E-state index in [1.54, 1.807) is 0 Å². The van der Waals surface area contributed by atoms with Crippen molar-refractivity contribution in [3.8, 4) is 0 Å². The number of nitrogens with one attached hydrogen (secondary N) is 1. The van der Waals surface area contributed by atoms with E-state index in [0.717, 1.165) is 25.7 Å². The van der Waals surface area contributed by atoms with E-state index in [0.29, 0.717) is 5.92 Å². The molecule has 1 aliphatic heterocycles. The van der Waals surface area contributed by atoms with Gasteiger partial charge in [-0.05, 0) is 59.3 Å². The summed E-state index contributed by atoms with van der Waals surface area (Å²) in [4.78, 5) is 0. The highest BCUT2D eigenvalue weighted by Gasteiger charge is 2.48. The van der Waals surface area contributed by atoms with Crippen molar-refractivity contribution in [1.29, 1.82) is 0 Å². The van der Waals surface area contributed by atoms with Gasteiger partial charge < -0.3 is 16.8 Å². The monoisotopic (exact) mass is 253 g/mol. The van der Waals surface area contributed by atoms with Crippen LogP contribution in [-0.2, 0) is 0 Å². The molecule has 0 aromatic rings. The third kappa shape index (κ3) is 2.73. The maximum atomic E-state index is 6.77. The van der Waals surface area contributed by atoms with Gasteiger partial charge in [-0.2, -0.15) is 0 Å². The summed E-state index contributed by atoms with van der Waals surface area (Å²) in [6.07, 6.45) is 6.97. The molecule has 18 heavy (non-hydrogen) atoms. The first-order valence-electron chi connectivity index (χ1n) is 7.48. The Bertz CT molecular complexity index is 295. The van der Waals surface area contributed by atoms with Gasteiger partial charge in [0.1, 0.15) is 0 Å². The number of piperidine rings is 1. The van der Waals surface area contributed by atoms with E-state index < -0.39 is 0 Å². The van der Waals surface area contributed by atoms with Gasteiger partial charge in [-0.3, -0.25) is 0 Å². The zero-order valence-corrected chi connectivity index (χ0v) is 12.6. The van der Waals surface area contributed by atoms with Crippen molar-refractivity contribution in [2.24, 2.45) is 17.4 Å². The molecule has 3 heteroatoms. The highest BCUT2D eigenvalue weighted by molar-refractivity contribution is 5.09. The van der Waals surface area contributed by atoms with E-state index in [-0.39, 0.29) is 22.7 Å². The first-order chi connectivity index (χ1) is 8.15. The Morgan fingerprint density at radius 2 is 1.56 bits per heavy atom. The molecule has 1 saturated heterocycles. The van der Waals surface area contributed by atoms with Crippen molar-refractivity contribution < 1.29 is 0 Å². The van der Waals surface area contributed by atoms with Gasteiger partial charge in [0.05, 0.1) is 0 Å². The Kier molecular flexibility index (Phi) is 3.54. The minimum atomic E-state index is -0.144. The first kappa shape index (κ1) is 14.3. The molecule has 1 aliphatic carbocycles. The van der Waals surface area contributed by atoms with Gasteiger partial charge in [0, 0.05) is 22.7 Å². The Balaban J connectivity index is 2.21. The Morgan fingerprint density at radius 3 is 2.06 bits per heavy atom. The molecule has 3 nitrogen and oxygen atoms in total. The number of rotatable bonds is 1. The Labute approximate surface area is 112 Å². The highest BCUT2D eigenvalue weighted by Crippen LogP contribution is 2.43. The maximum Gasteiger partial charge on any atom is 0.0337 e. The smallest absolute Gasteiger partial charge is 0.0337 e.